The Morgan fingerprint density at radius 1 is 0.469 bits per heavy atom. The normalized spacial score (nSPS) is 35.7. The zero-order chi connectivity index (χ0) is 92.4. The topological polar surface area (TPSA) is 251 Å². The summed E-state index contributed by atoms with van der Waals surface area (Å²) >= 11 is 19.2. The van der Waals surface area contributed by atoms with Crippen molar-refractivity contribution in [3.05, 3.63) is 234 Å². The fraction of sp³-hybridized carbons (Fsp3) is 0.524. The predicted molar refractivity (Wildman–Crippen MR) is 521 cm³/mol. The number of aryl methyl sites for hydroxylation is 3. The van der Waals surface area contributed by atoms with Gasteiger partial charge in [0.2, 0.25) is 10.0 Å². The van der Waals surface area contributed by atoms with Crippen molar-refractivity contribution in [1.29, 1.82) is 0 Å². The number of fused-ring (bicyclic) bond motifs is 12. The van der Waals surface area contributed by atoms with Crippen LogP contribution >= 0.6 is 34.8 Å². The number of nitrogens with one attached hydrogen (secondary N) is 3. The van der Waals surface area contributed by atoms with Gasteiger partial charge >= 0.3 is 11.4 Å². The standard InChI is InChI=1S/C35H45ClN2O5S.2C34H40ClN3O4S/c1-5-35(42-4)17-6-8-23(2)24(3)44(40,41)37-33(39)26-11-15-32-31(19-26)38(20-27-10-13-30(27)35)21-34(22-43-32)16-7-9-25-18-28(36)12-14-29(25)34;2*1-22-7-5-16-34(40,36-3)29-12-9-26(29)19-38-20-33(15-6-8-24-17-27(35)11-13-28(24)33)21-42-31-14-10-25(18-30(31)38)32(39)37-43(4,41)23(22)2/h6,11-12,14-15,17-19,23-24,27,30H,5,7-10,13,16,20-22H2,1-4H3,(H,37,39);2*5,10-11,13-14,16-18,22-23,26,29,40H,4,6-9,12,15,19-21H2,1-2H3,(H,37,39,41)/b17-6+;2*16-5+/t23-,24+,27-,30+,34-,35-;22-,23+,26-,29+,33-,34+,43?;22-,23+,26-,29+,33-,34-,43?/m000/s1. The van der Waals surface area contributed by atoms with Crippen molar-refractivity contribution >= 4 is 111 Å². The average molecular weight is 1890 g/mol. The Morgan fingerprint density at radius 2 is 0.800 bits per heavy atom. The lowest BCUT2D eigenvalue weighted by Gasteiger charge is -2.50. The molecule has 12 aliphatic rings. The molecule has 6 aliphatic carbocycles. The number of methoxy groups -OCH3 is 1. The second-order valence-corrected chi connectivity index (χ2v) is 47.9. The van der Waals surface area contributed by atoms with E-state index >= 15 is 0 Å². The van der Waals surface area contributed by atoms with Gasteiger partial charge in [0.25, 0.3) is 17.7 Å². The van der Waals surface area contributed by atoms with Crippen LogP contribution in [0.3, 0.4) is 0 Å². The highest BCUT2D eigenvalue weighted by Crippen LogP contribution is 2.55. The molecular weight excluding hydrogens is 1760 g/mol. The summed E-state index contributed by atoms with van der Waals surface area (Å²) in [6, 6.07) is 34.6. The summed E-state index contributed by atoms with van der Waals surface area (Å²) in [4.78, 5) is 54.9. The second-order valence-electron chi connectivity index (χ2n) is 39.7. The maximum Gasteiger partial charge on any atom is 0.357 e. The summed E-state index contributed by atoms with van der Waals surface area (Å²) in [5.74, 6) is 8.53. The number of benzene rings is 6. The van der Waals surface area contributed by atoms with Crippen LogP contribution in [0.2, 0.25) is 15.1 Å². The van der Waals surface area contributed by atoms with Gasteiger partial charge in [0.05, 0.1) is 79.0 Å². The number of halogens is 3. The molecule has 3 amide bonds. The van der Waals surface area contributed by atoms with Crippen molar-refractivity contribution in [1.82, 2.24) is 14.2 Å². The molecule has 6 aliphatic heterocycles. The van der Waals surface area contributed by atoms with Crippen LogP contribution in [0, 0.1) is 66.4 Å². The Morgan fingerprint density at radius 3 is 1.12 bits per heavy atom. The quantitative estimate of drug-likeness (QED) is 0.0614. The van der Waals surface area contributed by atoms with E-state index in [0.717, 1.165) is 154 Å². The Bertz CT molecular complexity index is 5670. The Hall–Kier alpha value is -8.53. The number of aliphatic hydroxyl groups is 2. The molecule has 0 saturated heterocycles. The highest BCUT2D eigenvalue weighted by atomic mass is 35.5. The van der Waals surface area contributed by atoms with Gasteiger partial charge in [-0.05, 0) is 320 Å². The van der Waals surface area contributed by atoms with E-state index in [9.17, 15) is 41.4 Å². The molecule has 6 aromatic rings. The van der Waals surface area contributed by atoms with Gasteiger partial charge in [-0.25, -0.2) is 34.7 Å². The molecule has 3 fully saturated rings. The van der Waals surface area contributed by atoms with Crippen LogP contribution in [0.4, 0.5) is 17.1 Å². The first-order valence-electron chi connectivity index (χ1n) is 46.5. The van der Waals surface area contributed by atoms with Crippen LogP contribution in [0.25, 0.3) is 9.69 Å². The van der Waals surface area contributed by atoms with E-state index in [2.05, 4.69) is 106 Å². The minimum absolute atomic E-state index is 0.0837. The monoisotopic (exact) mass is 1880 g/mol. The minimum Gasteiger partial charge on any atom is -0.490 e. The van der Waals surface area contributed by atoms with Crippen LogP contribution < -0.4 is 43.1 Å². The lowest BCUT2D eigenvalue weighted by Crippen LogP contribution is -2.53. The van der Waals surface area contributed by atoms with Gasteiger partial charge in [0.1, 0.15) is 17.2 Å². The molecule has 3 saturated carbocycles. The number of nitrogens with zero attached hydrogens (tertiary/aromatic N) is 5. The SMILES string of the molecule is CC[C@]1(OC)/C=C/C[C@H](C)[C@@H](C)S(=O)(=O)NC(=O)c2ccc3c(c2)N(C[C@@H]2CC[C@H]21)C[C@@]1(CCCc2cc(Cl)ccc21)CO3.[C-]#[N+][C@@]1(O)/C=C/C[C@H](C)[C@@H](C)S(=C)(=O)NC(=O)c2ccc3c(c2)N(C[C@@H]2CC[C@H]21)C[C@@]1(CCCc2cc(Cl)ccc21)CO3.[C-]#[N+][C@]1(O)/C=C/C[C@H](C)[C@@H](C)S(=C)(=O)NC(=O)c2ccc3c(c2)N(C[C@@H]2CC[C@H]21)C[C@@]1(CCCc2cc(Cl)ccc21)CO3. The van der Waals surface area contributed by atoms with Crippen molar-refractivity contribution in [2.45, 2.75) is 220 Å². The van der Waals surface area contributed by atoms with Crippen LogP contribution in [-0.2, 0) is 69.7 Å². The molecule has 18 rings (SSSR count). The van der Waals surface area contributed by atoms with E-state index in [0.29, 0.717) is 105 Å². The molecular formula is C103H125Cl3N8O13S3. The highest BCUT2D eigenvalue weighted by Gasteiger charge is 2.56. The summed E-state index contributed by atoms with van der Waals surface area (Å²) in [5.41, 5.74) is 6.59. The molecule has 6 bridgehead atoms. The Labute approximate surface area is 784 Å². The maximum atomic E-state index is 13.6. The van der Waals surface area contributed by atoms with E-state index in [1.165, 1.54) is 33.4 Å². The largest absolute Gasteiger partial charge is 0.490 e. The molecule has 21 nitrogen and oxygen atoms in total. The number of amides is 3. The molecule has 3 spiro atoms. The number of allylic oxidation sites excluding steroid dienone is 3. The maximum absolute atomic E-state index is 13.6. The van der Waals surface area contributed by atoms with Gasteiger partial charge < -0.3 is 43.9 Å². The van der Waals surface area contributed by atoms with Crippen molar-refractivity contribution < 1.29 is 60.4 Å². The first kappa shape index (κ1) is 94.7. The number of ether oxygens (including phenoxy) is 4. The van der Waals surface area contributed by atoms with Gasteiger partial charge in [0.15, 0.2) is 0 Å². The number of sulfonamides is 1. The zero-order valence-electron chi connectivity index (χ0n) is 76.0. The number of carbonyl (C=O) groups is 3. The second kappa shape index (κ2) is 37.4. The van der Waals surface area contributed by atoms with Gasteiger partial charge in [-0.2, -0.15) is 0 Å². The van der Waals surface area contributed by atoms with Crippen molar-refractivity contribution in [3.8, 4) is 17.2 Å². The summed E-state index contributed by atoms with van der Waals surface area (Å²) in [6.07, 6.45) is 28.0. The molecule has 27 heteroatoms. The number of rotatable bonds is 2. The van der Waals surface area contributed by atoms with E-state index in [1.807, 2.05) is 101 Å². The molecule has 130 heavy (non-hydrogen) atoms. The van der Waals surface area contributed by atoms with E-state index in [4.69, 9.17) is 66.9 Å². The Kier molecular flexibility index (Phi) is 27.2. The summed E-state index contributed by atoms with van der Waals surface area (Å²) in [7, 11) is -8.09. The van der Waals surface area contributed by atoms with E-state index in [1.54, 1.807) is 44.4 Å². The molecule has 0 radical (unpaired) electrons. The third-order valence-electron chi connectivity index (χ3n) is 32.0. The number of hydrogen-bond donors (Lipinski definition) is 5. The smallest absolute Gasteiger partial charge is 0.357 e. The van der Waals surface area contributed by atoms with Gasteiger partial charge in [-0.1, -0.05) is 105 Å². The first-order chi connectivity index (χ1) is 61.9. The van der Waals surface area contributed by atoms with Crippen LogP contribution in [-0.4, -0.2) is 156 Å². The molecule has 694 valence electrons. The predicted octanol–water partition coefficient (Wildman–Crippen LogP) is 18.3. The lowest BCUT2D eigenvalue weighted by molar-refractivity contribution is -0.0771. The number of anilines is 3. The van der Waals surface area contributed by atoms with Gasteiger partial charge in [-0.3, -0.25) is 33.5 Å². The zero-order valence-corrected chi connectivity index (χ0v) is 80.7. The average Bonchev–Trinajstić information content (AvgIpc) is 1.48. The molecule has 0 aromatic heterocycles. The van der Waals surface area contributed by atoms with E-state index < -0.39 is 80.0 Å². The minimum atomic E-state index is -3.91. The van der Waals surface area contributed by atoms with Gasteiger partial charge in [-0.15, -0.1) is 0 Å². The molecule has 20 atom stereocenters. The third kappa shape index (κ3) is 18.6. The fourth-order valence-corrected chi connectivity index (χ4v) is 27.8. The van der Waals surface area contributed by atoms with Crippen molar-refractivity contribution in [3.63, 3.8) is 0 Å². The van der Waals surface area contributed by atoms with Crippen molar-refractivity contribution in [2.75, 3.05) is 80.9 Å². The molecule has 5 N–H and O–H groups in total. The molecule has 6 aromatic carbocycles. The first-order valence-corrected chi connectivity index (χ1v) is 52.8. The Balaban J connectivity index is 0.000000143. The molecule has 2 unspecified atom stereocenters. The molecule has 6 heterocycles. The lowest BCUT2D eigenvalue weighted by atomic mass is 9.63. The highest BCUT2D eigenvalue weighted by molar-refractivity contribution is 7.99. The number of hydrogen-bond acceptors (Lipinski definition) is 16. The summed E-state index contributed by atoms with van der Waals surface area (Å²) in [5, 5.41) is 23.7. The summed E-state index contributed by atoms with van der Waals surface area (Å²) < 4.78 is 87.8. The number of carbonyl (C=O) groups excluding carboxylic acids is 3. The van der Waals surface area contributed by atoms with E-state index in [-0.39, 0.29) is 57.7 Å². The van der Waals surface area contributed by atoms with Crippen LogP contribution in [0.5, 0.6) is 17.2 Å². The van der Waals surface area contributed by atoms with Crippen molar-refractivity contribution in [2.24, 2.45) is 53.3 Å². The third-order valence-corrected chi connectivity index (χ3v) is 39.0. The van der Waals surface area contributed by atoms with Gasteiger partial charge in [0, 0.05) is 117 Å². The van der Waals surface area contributed by atoms with Crippen LogP contribution in [0.1, 0.15) is 216 Å². The summed E-state index contributed by atoms with van der Waals surface area (Å²) in [6.45, 7) is 34.8. The fourth-order valence-electron chi connectivity index (χ4n) is 23.0. The van der Waals surface area contributed by atoms with Crippen LogP contribution in [0.15, 0.2) is 146 Å².